The molecule has 0 aromatic carbocycles. The zero-order valence-electron chi connectivity index (χ0n) is 8.62. The molecule has 1 aliphatic heterocycles. The molecule has 1 rings (SSSR count). The molecule has 0 saturated carbocycles. The van der Waals surface area contributed by atoms with Crippen LogP contribution in [0.15, 0.2) is 0 Å². The normalized spacial score (nSPS) is 26.3. The van der Waals surface area contributed by atoms with Gasteiger partial charge in [0.15, 0.2) is 0 Å². The number of aliphatic hydroxyl groups excluding tert-OH is 1. The van der Waals surface area contributed by atoms with Crippen LogP contribution in [0.4, 0.5) is 0 Å². The van der Waals surface area contributed by atoms with Gasteiger partial charge in [0.1, 0.15) is 0 Å². The van der Waals surface area contributed by atoms with Crippen LogP contribution in [0.1, 0.15) is 26.7 Å². The van der Waals surface area contributed by atoms with E-state index in [-0.39, 0.29) is 12.6 Å². The molecular weight excluding hydrogens is 182 g/mol. The Hall–Kier alpha value is 0.270. The maximum atomic E-state index is 9.16. The van der Waals surface area contributed by atoms with Crippen LogP contribution in [0.3, 0.4) is 0 Å². The fourth-order valence-corrected chi connectivity index (χ4v) is 2.72. The average molecular weight is 203 g/mol. The standard InChI is InChI=1S/C10H21NOS/c1-8(2)10(6-12)11-9-4-3-5-13-7-9/h8-12H,3-7H2,1-2H3. The molecule has 13 heavy (non-hydrogen) atoms. The monoisotopic (exact) mass is 203 g/mol. The molecule has 0 spiro atoms. The molecule has 3 heteroatoms. The molecule has 2 nitrogen and oxygen atoms in total. The Bertz CT molecular complexity index is 135. The van der Waals surface area contributed by atoms with Gasteiger partial charge in [0.05, 0.1) is 6.61 Å². The van der Waals surface area contributed by atoms with Crippen molar-refractivity contribution >= 4 is 11.8 Å². The van der Waals surface area contributed by atoms with Crippen LogP contribution >= 0.6 is 11.8 Å². The van der Waals surface area contributed by atoms with E-state index in [0.717, 1.165) is 0 Å². The van der Waals surface area contributed by atoms with Crippen LogP contribution in [0.2, 0.25) is 0 Å². The largest absolute Gasteiger partial charge is 0.395 e. The summed E-state index contributed by atoms with van der Waals surface area (Å²) in [5.74, 6) is 3.05. The van der Waals surface area contributed by atoms with Crippen molar-refractivity contribution in [1.82, 2.24) is 5.32 Å². The molecule has 2 atom stereocenters. The minimum absolute atomic E-state index is 0.263. The van der Waals surface area contributed by atoms with Gasteiger partial charge in [-0.1, -0.05) is 13.8 Å². The second kappa shape index (κ2) is 5.89. The highest BCUT2D eigenvalue weighted by atomic mass is 32.2. The van der Waals surface area contributed by atoms with Gasteiger partial charge < -0.3 is 10.4 Å². The minimum atomic E-state index is 0.263. The number of hydrogen-bond donors (Lipinski definition) is 2. The lowest BCUT2D eigenvalue weighted by molar-refractivity contribution is 0.199. The van der Waals surface area contributed by atoms with Gasteiger partial charge in [0.25, 0.3) is 0 Å². The summed E-state index contributed by atoms with van der Waals surface area (Å²) in [6, 6.07) is 0.905. The van der Waals surface area contributed by atoms with E-state index in [0.29, 0.717) is 12.0 Å². The Morgan fingerprint density at radius 1 is 1.54 bits per heavy atom. The van der Waals surface area contributed by atoms with Gasteiger partial charge in [0.2, 0.25) is 0 Å². The number of hydrogen-bond acceptors (Lipinski definition) is 3. The molecule has 0 aromatic heterocycles. The second-order valence-electron chi connectivity index (χ2n) is 4.11. The molecule has 2 N–H and O–H groups in total. The van der Waals surface area contributed by atoms with Crippen molar-refractivity contribution in [2.75, 3.05) is 18.1 Å². The van der Waals surface area contributed by atoms with Crippen molar-refractivity contribution in [2.24, 2.45) is 5.92 Å². The summed E-state index contributed by atoms with van der Waals surface area (Å²) >= 11 is 2.02. The van der Waals surface area contributed by atoms with E-state index < -0.39 is 0 Å². The van der Waals surface area contributed by atoms with Crippen LogP contribution in [-0.4, -0.2) is 35.3 Å². The topological polar surface area (TPSA) is 32.3 Å². The van der Waals surface area contributed by atoms with Gasteiger partial charge in [-0.25, -0.2) is 0 Å². The first kappa shape index (κ1) is 11.3. The van der Waals surface area contributed by atoms with E-state index in [1.54, 1.807) is 0 Å². The third-order valence-corrected chi connectivity index (χ3v) is 3.83. The number of aliphatic hydroxyl groups is 1. The van der Waals surface area contributed by atoms with Gasteiger partial charge in [-0.05, 0) is 24.5 Å². The van der Waals surface area contributed by atoms with Gasteiger partial charge >= 0.3 is 0 Å². The summed E-state index contributed by atoms with van der Waals surface area (Å²) in [6.07, 6.45) is 2.59. The first-order valence-electron chi connectivity index (χ1n) is 5.18. The maximum Gasteiger partial charge on any atom is 0.0587 e. The maximum absolute atomic E-state index is 9.16. The molecule has 78 valence electrons. The Morgan fingerprint density at radius 2 is 2.31 bits per heavy atom. The SMILES string of the molecule is CC(C)C(CO)NC1CCCSC1. The number of nitrogens with one attached hydrogen (secondary N) is 1. The van der Waals surface area contributed by atoms with E-state index in [1.807, 2.05) is 11.8 Å². The molecule has 0 aromatic rings. The molecule has 1 heterocycles. The van der Waals surface area contributed by atoms with Crippen molar-refractivity contribution in [1.29, 1.82) is 0 Å². The van der Waals surface area contributed by atoms with Crippen LogP contribution in [-0.2, 0) is 0 Å². The van der Waals surface area contributed by atoms with Crippen molar-refractivity contribution < 1.29 is 5.11 Å². The predicted octanol–water partition coefficient (Wildman–Crippen LogP) is 1.49. The van der Waals surface area contributed by atoms with Crippen LogP contribution in [0.5, 0.6) is 0 Å². The Kier molecular flexibility index (Phi) is 5.14. The minimum Gasteiger partial charge on any atom is -0.395 e. The first-order chi connectivity index (χ1) is 6.24. The summed E-state index contributed by atoms with van der Waals surface area (Å²) in [7, 11) is 0. The molecule has 0 bridgehead atoms. The summed E-state index contributed by atoms with van der Waals surface area (Å²) in [5.41, 5.74) is 0. The predicted molar refractivity (Wildman–Crippen MR) is 59.2 cm³/mol. The van der Waals surface area contributed by atoms with Crippen LogP contribution in [0.25, 0.3) is 0 Å². The summed E-state index contributed by atoms with van der Waals surface area (Å²) in [4.78, 5) is 0. The third kappa shape index (κ3) is 3.88. The molecule has 0 amide bonds. The smallest absolute Gasteiger partial charge is 0.0587 e. The van der Waals surface area contributed by atoms with E-state index in [2.05, 4.69) is 19.2 Å². The van der Waals surface area contributed by atoms with E-state index in [9.17, 15) is 0 Å². The lowest BCUT2D eigenvalue weighted by atomic mass is 10.0. The van der Waals surface area contributed by atoms with Gasteiger partial charge in [-0.15, -0.1) is 0 Å². The second-order valence-corrected chi connectivity index (χ2v) is 5.26. The first-order valence-corrected chi connectivity index (χ1v) is 6.34. The fourth-order valence-electron chi connectivity index (χ4n) is 1.63. The molecule has 1 fully saturated rings. The zero-order valence-corrected chi connectivity index (χ0v) is 9.44. The summed E-state index contributed by atoms with van der Waals surface area (Å²) in [5, 5.41) is 12.7. The molecule has 2 unspecified atom stereocenters. The third-order valence-electron chi connectivity index (χ3n) is 2.61. The lowest BCUT2D eigenvalue weighted by Gasteiger charge is -2.29. The van der Waals surface area contributed by atoms with Crippen LogP contribution in [0, 0.1) is 5.92 Å². The van der Waals surface area contributed by atoms with Gasteiger partial charge in [-0.3, -0.25) is 0 Å². The lowest BCUT2D eigenvalue weighted by Crippen LogP contribution is -2.45. The molecule has 0 radical (unpaired) electrons. The Balaban J connectivity index is 2.27. The zero-order chi connectivity index (χ0) is 9.68. The quantitative estimate of drug-likeness (QED) is 0.726. The number of thioether (sulfide) groups is 1. The van der Waals surface area contributed by atoms with E-state index in [4.69, 9.17) is 5.11 Å². The van der Waals surface area contributed by atoms with Gasteiger partial charge in [0, 0.05) is 17.8 Å². The van der Waals surface area contributed by atoms with Crippen molar-refractivity contribution in [3.05, 3.63) is 0 Å². The van der Waals surface area contributed by atoms with E-state index in [1.165, 1.54) is 24.3 Å². The van der Waals surface area contributed by atoms with Crippen LogP contribution < -0.4 is 5.32 Å². The Morgan fingerprint density at radius 3 is 2.77 bits per heavy atom. The number of rotatable bonds is 4. The molecular formula is C10H21NOS. The van der Waals surface area contributed by atoms with E-state index >= 15 is 0 Å². The molecule has 1 saturated heterocycles. The highest BCUT2D eigenvalue weighted by Gasteiger charge is 2.19. The fraction of sp³-hybridized carbons (Fsp3) is 1.00. The van der Waals surface area contributed by atoms with Gasteiger partial charge in [-0.2, -0.15) is 11.8 Å². The van der Waals surface area contributed by atoms with Crippen molar-refractivity contribution in [3.63, 3.8) is 0 Å². The molecule has 0 aliphatic carbocycles. The highest BCUT2D eigenvalue weighted by molar-refractivity contribution is 7.99. The van der Waals surface area contributed by atoms with Crippen molar-refractivity contribution in [3.8, 4) is 0 Å². The van der Waals surface area contributed by atoms with Crippen molar-refractivity contribution in [2.45, 2.75) is 38.8 Å². The molecule has 1 aliphatic rings. The summed E-state index contributed by atoms with van der Waals surface area (Å²) in [6.45, 7) is 4.58. The summed E-state index contributed by atoms with van der Waals surface area (Å²) < 4.78 is 0. The highest BCUT2D eigenvalue weighted by Crippen LogP contribution is 2.18. The Labute approximate surface area is 85.5 Å². The average Bonchev–Trinajstić information content (AvgIpc) is 2.15.